The van der Waals surface area contributed by atoms with Crippen molar-refractivity contribution in [3.05, 3.63) is 40.8 Å². The molecule has 0 fully saturated rings. The minimum Gasteiger partial charge on any atom is -0.236 e. The molecule has 2 rings (SSSR count). The molecule has 0 aliphatic rings. The van der Waals surface area contributed by atoms with E-state index in [1.165, 1.54) is 4.68 Å². The molecule has 90 valence electrons. The van der Waals surface area contributed by atoms with Crippen molar-refractivity contribution in [1.29, 1.82) is 0 Å². The fourth-order valence-corrected chi connectivity index (χ4v) is 2.00. The molecular formula is C10H7Cl4N3. The van der Waals surface area contributed by atoms with Crippen molar-refractivity contribution >= 4 is 46.4 Å². The second-order valence-corrected chi connectivity index (χ2v) is 6.08. The van der Waals surface area contributed by atoms with Gasteiger partial charge in [0.05, 0.1) is 16.4 Å². The minimum atomic E-state index is -1.58. The first-order valence-electron chi connectivity index (χ1n) is 4.64. The van der Waals surface area contributed by atoms with Gasteiger partial charge in [0, 0.05) is 6.20 Å². The monoisotopic (exact) mass is 309 g/mol. The summed E-state index contributed by atoms with van der Waals surface area (Å²) < 4.78 is -0.146. The molecule has 2 heterocycles. The van der Waals surface area contributed by atoms with E-state index in [1.807, 2.05) is 0 Å². The van der Waals surface area contributed by atoms with E-state index < -0.39 is 3.79 Å². The lowest BCUT2D eigenvalue weighted by molar-refractivity contribution is 0.787. The van der Waals surface area contributed by atoms with Crippen LogP contribution >= 0.6 is 46.4 Å². The lowest BCUT2D eigenvalue weighted by atomic mass is 10.4. The number of hydrogen-bond acceptors (Lipinski definition) is 2. The Morgan fingerprint density at radius 3 is 2.59 bits per heavy atom. The molecule has 0 amide bonds. The predicted molar refractivity (Wildman–Crippen MR) is 70.3 cm³/mol. The third kappa shape index (κ3) is 2.68. The zero-order chi connectivity index (χ0) is 12.6. The van der Waals surface area contributed by atoms with Gasteiger partial charge in [-0.1, -0.05) is 46.4 Å². The van der Waals surface area contributed by atoms with Crippen LogP contribution in [0.4, 0.5) is 0 Å². The van der Waals surface area contributed by atoms with Crippen molar-refractivity contribution in [2.75, 3.05) is 0 Å². The number of alkyl halides is 3. The van der Waals surface area contributed by atoms with Crippen LogP contribution in [0.5, 0.6) is 0 Å². The Balaban J connectivity index is 2.64. The molecule has 3 nitrogen and oxygen atoms in total. The second kappa shape index (κ2) is 4.65. The number of aryl methyl sites for hydroxylation is 1. The lowest BCUT2D eigenvalue weighted by Gasteiger charge is -2.13. The zero-order valence-corrected chi connectivity index (χ0v) is 11.7. The van der Waals surface area contributed by atoms with Crippen molar-refractivity contribution in [1.82, 2.24) is 14.8 Å². The van der Waals surface area contributed by atoms with Gasteiger partial charge in [-0.25, -0.2) is 9.67 Å². The zero-order valence-electron chi connectivity index (χ0n) is 8.66. The van der Waals surface area contributed by atoms with Crippen LogP contribution in [0, 0.1) is 6.92 Å². The summed E-state index contributed by atoms with van der Waals surface area (Å²) in [5, 5.41) is 4.66. The van der Waals surface area contributed by atoms with Crippen molar-refractivity contribution in [3.63, 3.8) is 0 Å². The van der Waals surface area contributed by atoms with Crippen molar-refractivity contribution in [2.45, 2.75) is 10.7 Å². The quantitative estimate of drug-likeness (QED) is 0.744. The Labute approximate surface area is 118 Å². The molecule has 0 aliphatic carbocycles. The maximum Gasteiger partial charge on any atom is 0.232 e. The summed E-state index contributed by atoms with van der Waals surface area (Å²) in [7, 11) is 0. The van der Waals surface area contributed by atoms with Gasteiger partial charge in [-0.3, -0.25) is 0 Å². The summed E-state index contributed by atoms with van der Waals surface area (Å²) in [6.45, 7) is 1.80. The van der Waals surface area contributed by atoms with Gasteiger partial charge >= 0.3 is 0 Å². The summed E-state index contributed by atoms with van der Waals surface area (Å²) in [6.07, 6.45) is 1.60. The Morgan fingerprint density at radius 2 is 2.00 bits per heavy atom. The summed E-state index contributed by atoms with van der Waals surface area (Å²) >= 11 is 23.7. The SMILES string of the molecule is Cc1cc(C(Cl)(Cl)Cl)n(-c2ncccc2Cl)n1. The van der Waals surface area contributed by atoms with Crippen LogP contribution in [-0.4, -0.2) is 14.8 Å². The lowest BCUT2D eigenvalue weighted by Crippen LogP contribution is -2.11. The van der Waals surface area contributed by atoms with Crippen LogP contribution in [0.1, 0.15) is 11.4 Å². The third-order valence-corrected chi connectivity index (χ3v) is 2.94. The highest BCUT2D eigenvalue weighted by atomic mass is 35.6. The van der Waals surface area contributed by atoms with Gasteiger partial charge in [0.25, 0.3) is 0 Å². The highest BCUT2D eigenvalue weighted by Gasteiger charge is 2.29. The van der Waals surface area contributed by atoms with Crippen LogP contribution in [0.15, 0.2) is 24.4 Å². The highest BCUT2D eigenvalue weighted by molar-refractivity contribution is 6.66. The number of pyridine rings is 1. The fraction of sp³-hybridized carbons (Fsp3) is 0.200. The van der Waals surface area contributed by atoms with Gasteiger partial charge in [0.2, 0.25) is 3.79 Å². The van der Waals surface area contributed by atoms with Gasteiger partial charge in [-0.05, 0) is 25.1 Å². The molecule has 2 aromatic heterocycles. The number of nitrogens with zero attached hydrogens (tertiary/aromatic N) is 3. The molecule has 0 radical (unpaired) electrons. The van der Waals surface area contributed by atoms with E-state index in [4.69, 9.17) is 46.4 Å². The van der Waals surface area contributed by atoms with Crippen molar-refractivity contribution in [2.24, 2.45) is 0 Å². The molecule has 0 spiro atoms. The molecule has 0 bridgehead atoms. The van der Waals surface area contributed by atoms with E-state index in [1.54, 1.807) is 31.3 Å². The van der Waals surface area contributed by atoms with Crippen LogP contribution < -0.4 is 0 Å². The maximum atomic E-state index is 6.04. The number of halogens is 4. The van der Waals surface area contributed by atoms with Crippen LogP contribution in [0.25, 0.3) is 5.82 Å². The summed E-state index contributed by atoms with van der Waals surface area (Å²) in [4.78, 5) is 4.13. The normalized spacial score (nSPS) is 11.8. The molecule has 0 atom stereocenters. The van der Waals surface area contributed by atoms with E-state index in [9.17, 15) is 0 Å². The predicted octanol–water partition coefficient (Wildman–Crippen LogP) is 4.06. The third-order valence-electron chi connectivity index (χ3n) is 2.06. The summed E-state index contributed by atoms with van der Waals surface area (Å²) in [5.41, 5.74) is 1.12. The average Bonchev–Trinajstić information content (AvgIpc) is 2.60. The molecular weight excluding hydrogens is 304 g/mol. The summed E-state index contributed by atoms with van der Waals surface area (Å²) in [6, 6.07) is 5.10. The Morgan fingerprint density at radius 1 is 1.29 bits per heavy atom. The van der Waals surface area contributed by atoms with Crippen LogP contribution in [-0.2, 0) is 3.79 Å². The number of hydrogen-bond donors (Lipinski definition) is 0. The standard InChI is InChI=1S/C10H7Cl4N3/c1-6-5-8(10(12,13)14)17(16-6)9-7(11)3-2-4-15-9/h2-5H,1H3. The van der Waals surface area contributed by atoms with E-state index in [0.29, 0.717) is 22.2 Å². The minimum absolute atomic E-state index is 0.403. The Bertz CT molecular complexity index is 545. The van der Waals surface area contributed by atoms with Gasteiger partial charge in [-0.2, -0.15) is 5.10 Å². The molecule has 0 unspecified atom stereocenters. The highest BCUT2D eigenvalue weighted by Crippen LogP contribution is 2.39. The fourth-order valence-electron chi connectivity index (χ4n) is 1.40. The molecule has 0 aliphatic heterocycles. The van der Waals surface area contributed by atoms with Gasteiger partial charge < -0.3 is 0 Å². The molecule has 7 heteroatoms. The van der Waals surface area contributed by atoms with Gasteiger partial charge in [0.1, 0.15) is 0 Å². The molecule has 0 aromatic carbocycles. The largest absolute Gasteiger partial charge is 0.236 e. The van der Waals surface area contributed by atoms with E-state index in [2.05, 4.69) is 10.1 Å². The first-order chi connectivity index (χ1) is 7.89. The van der Waals surface area contributed by atoms with Gasteiger partial charge in [-0.15, -0.1) is 0 Å². The molecule has 2 aromatic rings. The average molecular weight is 311 g/mol. The van der Waals surface area contributed by atoms with E-state index in [-0.39, 0.29) is 0 Å². The van der Waals surface area contributed by atoms with Crippen LogP contribution in [0.3, 0.4) is 0 Å². The first-order valence-corrected chi connectivity index (χ1v) is 6.15. The molecule has 17 heavy (non-hydrogen) atoms. The maximum absolute atomic E-state index is 6.04. The van der Waals surface area contributed by atoms with Crippen LogP contribution in [0.2, 0.25) is 5.02 Å². The molecule has 0 N–H and O–H groups in total. The second-order valence-electron chi connectivity index (χ2n) is 3.39. The van der Waals surface area contributed by atoms with Crippen molar-refractivity contribution < 1.29 is 0 Å². The first kappa shape index (κ1) is 13.0. The smallest absolute Gasteiger partial charge is 0.232 e. The molecule has 0 saturated carbocycles. The number of rotatable bonds is 1. The summed E-state index contributed by atoms with van der Waals surface area (Å²) in [5.74, 6) is 0.434. The van der Waals surface area contributed by atoms with Gasteiger partial charge in [0.15, 0.2) is 5.82 Å². The molecule has 0 saturated heterocycles. The van der Waals surface area contributed by atoms with E-state index >= 15 is 0 Å². The Hall–Kier alpha value is -0.480. The Kier molecular flexibility index (Phi) is 3.55. The topological polar surface area (TPSA) is 30.7 Å². The van der Waals surface area contributed by atoms with E-state index in [0.717, 1.165) is 0 Å². The van der Waals surface area contributed by atoms with Crippen molar-refractivity contribution in [3.8, 4) is 5.82 Å². The number of aromatic nitrogens is 3.